The minimum absolute atomic E-state index is 0.0122. The Morgan fingerprint density at radius 2 is 1.66 bits per heavy atom. The van der Waals surface area contributed by atoms with Crippen LogP contribution in [0.5, 0.6) is 0 Å². The van der Waals surface area contributed by atoms with E-state index >= 15 is 0 Å². The number of Topliss-reactive ketones (excluding diaryl/α,β-unsaturated/α-hetero) is 1. The van der Waals surface area contributed by atoms with Crippen molar-refractivity contribution in [2.75, 3.05) is 44.6 Å². The molecule has 0 atom stereocenters. The molecule has 6 nitrogen and oxygen atoms in total. The van der Waals surface area contributed by atoms with Gasteiger partial charge in [-0.3, -0.25) is 19.4 Å². The Balaban J connectivity index is 1.26. The van der Waals surface area contributed by atoms with Crippen LogP contribution in [0.15, 0.2) is 41.8 Å². The molecule has 4 rings (SSSR count). The van der Waals surface area contributed by atoms with E-state index in [1.54, 1.807) is 11.3 Å². The van der Waals surface area contributed by atoms with Crippen LogP contribution in [-0.4, -0.2) is 65.3 Å². The molecule has 35 heavy (non-hydrogen) atoms. The van der Waals surface area contributed by atoms with Crippen LogP contribution in [0.4, 0.5) is 5.69 Å². The van der Waals surface area contributed by atoms with Gasteiger partial charge in [0.15, 0.2) is 5.78 Å². The SMILES string of the molecule is Cc1cccc(NC(=O)CN2CCN(CC(=O)c3cc(C)n(CCc4cccs4)c3C)CC2)c1C. The third-order valence-electron chi connectivity index (χ3n) is 7.11. The minimum atomic E-state index is 0.0122. The summed E-state index contributed by atoms with van der Waals surface area (Å²) < 4.78 is 2.26. The predicted molar refractivity (Wildman–Crippen MR) is 144 cm³/mol. The lowest BCUT2D eigenvalue weighted by Crippen LogP contribution is -2.49. The fraction of sp³-hybridized carbons (Fsp3) is 0.429. The Labute approximate surface area is 212 Å². The molecule has 3 aromatic rings. The highest BCUT2D eigenvalue weighted by molar-refractivity contribution is 7.09. The number of carbonyl (C=O) groups is 2. The van der Waals surface area contributed by atoms with Gasteiger partial charge >= 0.3 is 0 Å². The van der Waals surface area contributed by atoms with Crippen LogP contribution in [0.1, 0.15) is 37.7 Å². The maximum atomic E-state index is 13.1. The number of hydrogen-bond acceptors (Lipinski definition) is 5. The summed E-state index contributed by atoms with van der Waals surface area (Å²) in [5.41, 5.74) is 6.20. The Hall–Kier alpha value is -2.74. The molecule has 186 valence electrons. The minimum Gasteiger partial charge on any atom is -0.348 e. The predicted octanol–water partition coefficient (Wildman–Crippen LogP) is 4.46. The first-order valence-corrected chi connectivity index (χ1v) is 13.2. The van der Waals surface area contributed by atoms with Crippen molar-refractivity contribution >= 4 is 28.7 Å². The molecule has 7 heteroatoms. The molecule has 0 spiro atoms. The number of nitrogens with one attached hydrogen (secondary N) is 1. The topological polar surface area (TPSA) is 57.6 Å². The molecule has 0 unspecified atom stereocenters. The molecule has 0 bridgehead atoms. The van der Waals surface area contributed by atoms with E-state index in [0.717, 1.165) is 67.3 Å². The van der Waals surface area contributed by atoms with E-state index < -0.39 is 0 Å². The smallest absolute Gasteiger partial charge is 0.238 e. The molecular formula is C28H36N4O2S. The van der Waals surface area contributed by atoms with Crippen LogP contribution in [0.2, 0.25) is 0 Å². The number of anilines is 1. The highest BCUT2D eigenvalue weighted by Crippen LogP contribution is 2.20. The summed E-state index contributed by atoms with van der Waals surface area (Å²) >= 11 is 1.78. The molecule has 1 amide bonds. The first kappa shape index (κ1) is 25.4. The number of thiophene rings is 1. The maximum absolute atomic E-state index is 13.1. The summed E-state index contributed by atoms with van der Waals surface area (Å²) in [6.07, 6.45) is 0.987. The molecule has 1 fully saturated rings. The Bertz CT molecular complexity index is 1170. The number of aryl methyl sites for hydroxylation is 3. The lowest BCUT2D eigenvalue weighted by Gasteiger charge is -2.33. The van der Waals surface area contributed by atoms with Gasteiger partial charge in [-0.25, -0.2) is 0 Å². The number of rotatable bonds is 9. The summed E-state index contributed by atoms with van der Waals surface area (Å²) in [5.74, 6) is 0.194. The fourth-order valence-corrected chi connectivity index (χ4v) is 5.48. The summed E-state index contributed by atoms with van der Waals surface area (Å²) in [4.78, 5) is 31.4. The van der Waals surface area contributed by atoms with E-state index in [9.17, 15) is 9.59 Å². The number of amides is 1. The molecule has 1 aliphatic rings. The first-order valence-electron chi connectivity index (χ1n) is 12.3. The van der Waals surface area contributed by atoms with Crippen LogP contribution >= 0.6 is 11.3 Å². The second kappa shape index (κ2) is 11.3. The second-order valence-corrected chi connectivity index (χ2v) is 10.6. The van der Waals surface area contributed by atoms with Gasteiger partial charge < -0.3 is 9.88 Å². The highest BCUT2D eigenvalue weighted by atomic mass is 32.1. The van der Waals surface area contributed by atoms with Gasteiger partial charge in [0.2, 0.25) is 5.91 Å². The van der Waals surface area contributed by atoms with Crippen molar-refractivity contribution in [3.63, 3.8) is 0 Å². The van der Waals surface area contributed by atoms with Gasteiger partial charge in [0.1, 0.15) is 0 Å². The van der Waals surface area contributed by atoms with Crippen molar-refractivity contribution in [3.8, 4) is 0 Å². The highest BCUT2D eigenvalue weighted by Gasteiger charge is 2.23. The Morgan fingerprint density at radius 3 is 2.34 bits per heavy atom. The van der Waals surface area contributed by atoms with Gasteiger partial charge in [-0.05, 0) is 68.8 Å². The van der Waals surface area contributed by atoms with Crippen LogP contribution in [-0.2, 0) is 17.8 Å². The van der Waals surface area contributed by atoms with Gasteiger partial charge in [0.25, 0.3) is 0 Å². The van der Waals surface area contributed by atoms with E-state index in [4.69, 9.17) is 0 Å². The largest absolute Gasteiger partial charge is 0.348 e. The molecule has 0 aliphatic carbocycles. The van der Waals surface area contributed by atoms with Crippen molar-refractivity contribution in [3.05, 3.63) is 74.7 Å². The number of ketones is 1. The van der Waals surface area contributed by atoms with Crippen LogP contribution in [0.25, 0.3) is 0 Å². The third kappa shape index (κ3) is 6.28. The number of hydrogen-bond donors (Lipinski definition) is 1. The monoisotopic (exact) mass is 492 g/mol. The van der Waals surface area contributed by atoms with Gasteiger partial charge in [-0.1, -0.05) is 18.2 Å². The van der Waals surface area contributed by atoms with E-state index in [1.165, 1.54) is 10.4 Å². The molecule has 1 aliphatic heterocycles. The van der Waals surface area contributed by atoms with Crippen molar-refractivity contribution in [1.29, 1.82) is 0 Å². The van der Waals surface area contributed by atoms with Gasteiger partial charge in [0, 0.05) is 60.2 Å². The molecule has 1 N–H and O–H groups in total. The van der Waals surface area contributed by atoms with Gasteiger partial charge in [-0.15, -0.1) is 11.3 Å². The number of piperazine rings is 1. The van der Waals surface area contributed by atoms with Crippen molar-refractivity contribution < 1.29 is 9.59 Å². The quantitative estimate of drug-likeness (QED) is 0.448. The molecule has 0 radical (unpaired) electrons. The summed E-state index contributed by atoms with van der Waals surface area (Å²) in [7, 11) is 0. The van der Waals surface area contributed by atoms with Crippen molar-refractivity contribution in [1.82, 2.24) is 14.4 Å². The standard InChI is InChI=1S/C28H36N4O2S/c1-20-7-5-9-26(22(20)3)29-28(34)19-31-14-12-30(13-15-31)18-27(33)25-17-21(2)32(23(25)4)11-10-24-8-6-16-35-24/h5-9,16-17H,10-15,18-19H2,1-4H3,(H,29,34). The first-order chi connectivity index (χ1) is 16.8. The second-order valence-electron chi connectivity index (χ2n) is 9.54. The molecule has 1 saturated heterocycles. The zero-order chi connectivity index (χ0) is 24.9. The lowest BCUT2D eigenvalue weighted by molar-refractivity contribution is -0.117. The van der Waals surface area contributed by atoms with E-state index in [-0.39, 0.29) is 11.7 Å². The number of aromatic nitrogens is 1. The van der Waals surface area contributed by atoms with Crippen molar-refractivity contribution in [2.45, 2.75) is 40.7 Å². The number of benzene rings is 1. The summed E-state index contributed by atoms with van der Waals surface area (Å²) in [6.45, 7) is 13.1. The van der Waals surface area contributed by atoms with Crippen LogP contribution in [0.3, 0.4) is 0 Å². The molecular weight excluding hydrogens is 456 g/mol. The maximum Gasteiger partial charge on any atom is 0.238 e. The zero-order valence-corrected chi connectivity index (χ0v) is 22.1. The van der Waals surface area contributed by atoms with Crippen molar-refractivity contribution in [2.24, 2.45) is 0 Å². The summed E-state index contributed by atoms with van der Waals surface area (Å²) in [5, 5.41) is 5.15. The van der Waals surface area contributed by atoms with Gasteiger partial charge in [-0.2, -0.15) is 0 Å². The Kier molecular flexibility index (Phi) is 8.21. The zero-order valence-electron chi connectivity index (χ0n) is 21.3. The fourth-order valence-electron chi connectivity index (χ4n) is 4.78. The molecule has 1 aromatic carbocycles. The van der Waals surface area contributed by atoms with Gasteiger partial charge in [0.05, 0.1) is 13.1 Å². The number of carbonyl (C=O) groups excluding carboxylic acids is 2. The third-order valence-corrected chi connectivity index (χ3v) is 8.05. The Morgan fingerprint density at radius 1 is 0.943 bits per heavy atom. The average Bonchev–Trinajstić information content (AvgIpc) is 3.44. The van der Waals surface area contributed by atoms with E-state index in [1.807, 2.05) is 25.1 Å². The molecule has 2 aromatic heterocycles. The lowest BCUT2D eigenvalue weighted by atomic mass is 10.1. The van der Waals surface area contributed by atoms with E-state index in [2.05, 4.69) is 64.0 Å². The molecule has 3 heterocycles. The average molecular weight is 493 g/mol. The molecule has 0 saturated carbocycles. The summed E-state index contributed by atoms with van der Waals surface area (Å²) in [6, 6.07) is 12.3. The normalized spacial score (nSPS) is 14.9. The van der Waals surface area contributed by atoms with Crippen LogP contribution < -0.4 is 5.32 Å². The number of nitrogens with zero attached hydrogens (tertiary/aromatic N) is 3. The van der Waals surface area contributed by atoms with E-state index in [0.29, 0.717) is 13.1 Å². The van der Waals surface area contributed by atoms with Crippen LogP contribution in [0, 0.1) is 27.7 Å².